The maximum absolute atomic E-state index is 11.3. The molecule has 2 fully saturated rings. The Balaban J connectivity index is 1.71. The Hall–Kier alpha value is -1.81. The van der Waals surface area contributed by atoms with Crippen molar-refractivity contribution < 1.29 is 19.0 Å². The second-order valence-corrected chi connectivity index (χ2v) is 4.39. The van der Waals surface area contributed by atoms with Crippen molar-refractivity contribution in [2.75, 3.05) is 19.8 Å². The third-order valence-corrected chi connectivity index (χ3v) is 2.90. The molecule has 0 aromatic heterocycles. The fourth-order valence-corrected chi connectivity index (χ4v) is 1.83. The summed E-state index contributed by atoms with van der Waals surface area (Å²) in [6, 6.07) is 7.67. The number of carbonyl (C=O) groups is 1. The Morgan fingerprint density at radius 3 is 3.06 bits per heavy atom. The first-order chi connectivity index (χ1) is 8.81. The molecule has 0 radical (unpaired) electrons. The normalized spacial score (nSPS) is 24.1. The molecule has 0 unspecified atom stereocenters. The van der Waals surface area contributed by atoms with E-state index in [1.807, 2.05) is 30.3 Å². The summed E-state index contributed by atoms with van der Waals surface area (Å²) in [6.07, 6.45) is 2.78. The first-order valence-corrected chi connectivity index (χ1v) is 6.03. The van der Waals surface area contributed by atoms with Gasteiger partial charge in [0.25, 0.3) is 0 Å². The predicted octanol–water partition coefficient (Wildman–Crippen LogP) is 1.79. The van der Waals surface area contributed by atoms with Gasteiger partial charge in [-0.1, -0.05) is 12.1 Å². The molecule has 4 nitrogen and oxygen atoms in total. The van der Waals surface area contributed by atoms with Gasteiger partial charge in [0.15, 0.2) is 0 Å². The van der Waals surface area contributed by atoms with E-state index in [0.717, 1.165) is 23.5 Å². The van der Waals surface area contributed by atoms with Crippen molar-refractivity contribution >= 4 is 12.0 Å². The predicted molar refractivity (Wildman–Crippen MR) is 65.2 cm³/mol. The van der Waals surface area contributed by atoms with E-state index in [9.17, 15) is 4.79 Å². The van der Waals surface area contributed by atoms with Crippen molar-refractivity contribution in [3.63, 3.8) is 0 Å². The lowest BCUT2D eigenvalue weighted by Gasteiger charge is -2.04. The summed E-state index contributed by atoms with van der Waals surface area (Å²) in [4.78, 5) is 11.3. The van der Waals surface area contributed by atoms with E-state index in [2.05, 4.69) is 0 Å². The lowest BCUT2D eigenvalue weighted by molar-refractivity contribution is -0.134. The molecular weight excluding hydrogens is 232 g/mol. The van der Waals surface area contributed by atoms with Gasteiger partial charge in [0, 0.05) is 12.0 Å². The first-order valence-electron chi connectivity index (χ1n) is 6.03. The third kappa shape index (κ3) is 2.71. The largest absolute Gasteiger partial charge is 0.491 e. The van der Waals surface area contributed by atoms with Crippen LogP contribution in [0.4, 0.5) is 0 Å². The van der Waals surface area contributed by atoms with Crippen LogP contribution in [0.25, 0.3) is 6.08 Å². The fraction of sp³-hybridized carbons (Fsp3) is 0.357. The number of rotatable bonds is 4. The second-order valence-electron chi connectivity index (χ2n) is 4.39. The summed E-state index contributed by atoms with van der Waals surface area (Å²) in [6.45, 7) is 1.86. The molecule has 1 aromatic rings. The maximum Gasteiger partial charge on any atom is 0.334 e. The molecule has 18 heavy (non-hydrogen) atoms. The van der Waals surface area contributed by atoms with Crippen LogP contribution in [0.2, 0.25) is 0 Å². The topological polar surface area (TPSA) is 48.1 Å². The van der Waals surface area contributed by atoms with E-state index in [0.29, 0.717) is 19.6 Å². The Morgan fingerprint density at radius 1 is 1.44 bits per heavy atom. The van der Waals surface area contributed by atoms with Crippen LogP contribution in [0.1, 0.15) is 12.0 Å². The highest BCUT2D eigenvalue weighted by Crippen LogP contribution is 2.21. The quantitative estimate of drug-likeness (QED) is 0.461. The minimum absolute atomic E-state index is 0.215. The highest BCUT2D eigenvalue weighted by Gasteiger charge is 2.23. The van der Waals surface area contributed by atoms with Crippen molar-refractivity contribution in [3.05, 3.63) is 35.4 Å². The molecule has 0 bridgehead atoms. The average molecular weight is 246 g/mol. The summed E-state index contributed by atoms with van der Waals surface area (Å²) in [7, 11) is 0. The fourth-order valence-electron chi connectivity index (χ4n) is 1.83. The number of cyclic esters (lactones) is 1. The van der Waals surface area contributed by atoms with Gasteiger partial charge in [0.05, 0.1) is 13.2 Å². The van der Waals surface area contributed by atoms with Gasteiger partial charge in [-0.25, -0.2) is 4.79 Å². The van der Waals surface area contributed by atoms with Crippen molar-refractivity contribution in [3.8, 4) is 5.75 Å². The summed E-state index contributed by atoms with van der Waals surface area (Å²) in [5, 5.41) is 0. The molecule has 0 amide bonds. The van der Waals surface area contributed by atoms with Gasteiger partial charge in [0.1, 0.15) is 18.5 Å². The smallest absolute Gasteiger partial charge is 0.334 e. The zero-order valence-corrected chi connectivity index (χ0v) is 9.93. The first kappa shape index (κ1) is 11.3. The summed E-state index contributed by atoms with van der Waals surface area (Å²) < 4.78 is 15.6. The molecule has 2 saturated heterocycles. The molecule has 2 aliphatic heterocycles. The lowest BCUT2D eigenvalue weighted by Crippen LogP contribution is -2.03. The molecule has 1 atom stereocenters. The van der Waals surface area contributed by atoms with Crippen molar-refractivity contribution in [2.45, 2.75) is 12.5 Å². The van der Waals surface area contributed by atoms with Gasteiger partial charge in [-0.15, -0.1) is 0 Å². The van der Waals surface area contributed by atoms with Crippen LogP contribution in [0, 0.1) is 0 Å². The molecule has 0 spiro atoms. The molecule has 94 valence electrons. The zero-order chi connectivity index (χ0) is 12.4. The summed E-state index contributed by atoms with van der Waals surface area (Å²) >= 11 is 0. The van der Waals surface area contributed by atoms with E-state index >= 15 is 0 Å². The van der Waals surface area contributed by atoms with Crippen molar-refractivity contribution in [1.82, 2.24) is 0 Å². The summed E-state index contributed by atoms with van der Waals surface area (Å²) in [5.74, 6) is 0.582. The van der Waals surface area contributed by atoms with Crippen LogP contribution in [0.3, 0.4) is 0 Å². The minimum Gasteiger partial charge on any atom is -0.491 e. The molecular formula is C14H14O4. The second kappa shape index (κ2) is 4.82. The number of hydrogen-bond acceptors (Lipinski definition) is 4. The van der Waals surface area contributed by atoms with Gasteiger partial charge in [-0.05, 0) is 23.8 Å². The van der Waals surface area contributed by atoms with E-state index in [1.54, 1.807) is 0 Å². The number of ether oxygens (including phenoxy) is 3. The SMILES string of the molecule is O=C1OCCC1=Cc1cccc(OC[C@@H]2CO2)c1. The molecule has 0 aliphatic carbocycles. The Bertz CT molecular complexity index is 488. The van der Waals surface area contributed by atoms with Gasteiger partial charge in [0.2, 0.25) is 0 Å². The van der Waals surface area contributed by atoms with E-state index in [1.165, 1.54) is 0 Å². The van der Waals surface area contributed by atoms with E-state index in [4.69, 9.17) is 14.2 Å². The van der Waals surface area contributed by atoms with Crippen LogP contribution in [0.15, 0.2) is 29.8 Å². The molecule has 0 N–H and O–H groups in total. The van der Waals surface area contributed by atoms with Crippen molar-refractivity contribution in [1.29, 1.82) is 0 Å². The Kier molecular flexibility index (Phi) is 3.02. The van der Waals surface area contributed by atoms with Crippen LogP contribution >= 0.6 is 0 Å². The number of epoxide rings is 1. The molecule has 0 saturated carbocycles. The van der Waals surface area contributed by atoms with Crippen LogP contribution in [-0.2, 0) is 14.3 Å². The summed E-state index contributed by atoms with van der Waals surface area (Å²) in [5.41, 5.74) is 1.68. The Morgan fingerprint density at radius 2 is 2.33 bits per heavy atom. The van der Waals surface area contributed by atoms with E-state index in [-0.39, 0.29) is 12.1 Å². The van der Waals surface area contributed by atoms with Gasteiger partial charge >= 0.3 is 5.97 Å². The van der Waals surface area contributed by atoms with Crippen molar-refractivity contribution in [2.24, 2.45) is 0 Å². The van der Waals surface area contributed by atoms with E-state index < -0.39 is 0 Å². The van der Waals surface area contributed by atoms with Gasteiger partial charge in [-0.2, -0.15) is 0 Å². The standard InChI is InChI=1S/C14H14O4/c15-14-11(4-5-16-14)6-10-2-1-3-12(7-10)17-8-13-9-18-13/h1-3,6-7,13H,4-5,8-9H2/t13-/m1/s1. The average Bonchev–Trinajstić information content (AvgIpc) is 3.13. The number of esters is 1. The minimum atomic E-state index is -0.215. The highest BCUT2D eigenvalue weighted by atomic mass is 16.6. The molecule has 3 rings (SSSR count). The number of benzene rings is 1. The Labute approximate surface area is 105 Å². The highest BCUT2D eigenvalue weighted by molar-refractivity contribution is 5.95. The third-order valence-electron chi connectivity index (χ3n) is 2.90. The molecule has 1 aromatic carbocycles. The van der Waals surface area contributed by atoms with Gasteiger partial charge < -0.3 is 14.2 Å². The van der Waals surface area contributed by atoms with Crippen LogP contribution in [-0.4, -0.2) is 31.9 Å². The van der Waals surface area contributed by atoms with Gasteiger partial charge in [-0.3, -0.25) is 0 Å². The molecule has 2 aliphatic rings. The molecule has 4 heteroatoms. The number of carbonyl (C=O) groups excluding carboxylic acids is 1. The van der Waals surface area contributed by atoms with Crippen LogP contribution < -0.4 is 4.74 Å². The monoisotopic (exact) mass is 246 g/mol. The maximum atomic E-state index is 11.3. The van der Waals surface area contributed by atoms with Crippen LogP contribution in [0.5, 0.6) is 5.75 Å². The number of hydrogen-bond donors (Lipinski definition) is 0. The zero-order valence-electron chi connectivity index (χ0n) is 9.93. The lowest BCUT2D eigenvalue weighted by atomic mass is 10.1. The molecule has 2 heterocycles.